The SMILES string of the molecule is CCC1(C)CC(C)(CC)C(=O)OC1=O. The average Bonchev–Trinajstić information content (AvgIpc) is 2.15. The molecule has 0 aromatic carbocycles. The van der Waals surface area contributed by atoms with E-state index in [1.54, 1.807) is 0 Å². The van der Waals surface area contributed by atoms with Crippen molar-refractivity contribution in [3.05, 3.63) is 0 Å². The standard InChI is InChI=1S/C11H18O3/c1-5-10(3)7-11(4,6-2)9(13)14-8(10)12/h5-7H2,1-4H3. The molecule has 2 unspecified atom stereocenters. The molecule has 1 heterocycles. The highest BCUT2D eigenvalue weighted by molar-refractivity contribution is 5.94. The van der Waals surface area contributed by atoms with Crippen LogP contribution in [0.25, 0.3) is 0 Å². The summed E-state index contributed by atoms with van der Waals surface area (Å²) in [4.78, 5) is 23.0. The third kappa shape index (κ3) is 1.56. The van der Waals surface area contributed by atoms with Gasteiger partial charge in [0.05, 0.1) is 10.8 Å². The number of ether oxygens (including phenoxy) is 1. The first-order valence-electron chi connectivity index (χ1n) is 5.14. The van der Waals surface area contributed by atoms with Crippen molar-refractivity contribution in [3.63, 3.8) is 0 Å². The Bertz CT molecular complexity index is 246. The number of carbonyl (C=O) groups excluding carboxylic acids is 2. The van der Waals surface area contributed by atoms with Crippen LogP contribution in [-0.4, -0.2) is 11.9 Å². The van der Waals surface area contributed by atoms with Crippen LogP contribution >= 0.6 is 0 Å². The zero-order valence-corrected chi connectivity index (χ0v) is 9.35. The van der Waals surface area contributed by atoms with Crippen molar-refractivity contribution in [2.45, 2.75) is 47.0 Å². The molecule has 2 atom stereocenters. The third-order valence-electron chi connectivity index (χ3n) is 3.51. The fourth-order valence-electron chi connectivity index (χ4n) is 1.87. The highest BCUT2D eigenvalue weighted by atomic mass is 16.6. The number of cyclic esters (lactones) is 2. The predicted octanol–water partition coefficient (Wildman–Crippen LogP) is 2.29. The number of esters is 2. The largest absolute Gasteiger partial charge is 0.392 e. The van der Waals surface area contributed by atoms with Crippen LogP contribution < -0.4 is 0 Å². The summed E-state index contributed by atoms with van der Waals surface area (Å²) in [5, 5.41) is 0. The van der Waals surface area contributed by atoms with Gasteiger partial charge in [0.15, 0.2) is 0 Å². The molecule has 0 radical (unpaired) electrons. The van der Waals surface area contributed by atoms with Crippen molar-refractivity contribution in [1.29, 1.82) is 0 Å². The topological polar surface area (TPSA) is 43.4 Å². The van der Waals surface area contributed by atoms with E-state index in [0.717, 1.165) is 0 Å². The lowest BCUT2D eigenvalue weighted by Gasteiger charge is -2.39. The van der Waals surface area contributed by atoms with Crippen LogP contribution in [0.3, 0.4) is 0 Å². The molecule has 0 amide bonds. The second-order valence-corrected chi connectivity index (χ2v) is 4.68. The van der Waals surface area contributed by atoms with Crippen LogP contribution in [0.1, 0.15) is 47.0 Å². The molecule has 0 bridgehead atoms. The van der Waals surface area contributed by atoms with E-state index in [1.807, 2.05) is 27.7 Å². The second kappa shape index (κ2) is 3.37. The monoisotopic (exact) mass is 198 g/mol. The molecule has 14 heavy (non-hydrogen) atoms. The Balaban J connectivity index is 2.98. The lowest BCUT2D eigenvalue weighted by molar-refractivity contribution is -0.185. The lowest BCUT2D eigenvalue weighted by Crippen LogP contribution is -2.47. The van der Waals surface area contributed by atoms with E-state index < -0.39 is 10.8 Å². The van der Waals surface area contributed by atoms with Gasteiger partial charge >= 0.3 is 11.9 Å². The van der Waals surface area contributed by atoms with Gasteiger partial charge in [0.1, 0.15) is 0 Å². The van der Waals surface area contributed by atoms with Gasteiger partial charge in [-0.05, 0) is 33.1 Å². The molecule has 0 aliphatic carbocycles. The number of carbonyl (C=O) groups is 2. The van der Waals surface area contributed by atoms with E-state index in [9.17, 15) is 9.59 Å². The van der Waals surface area contributed by atoms with Gasteiger partial charge in [-0.2, -0.15) is 0 Å². The summed E-state index contributed by atoms with van der Waals surface area (Å²) in [5.74, 6) is -0.730. The lowest BCUT2D eigenvalue weighted by atomic mass is 9.68. The molecule has 0 spiro atoms. The second-order valence-electron chi connectivity index (χ2n) is 4.68. The van der Waals surface area contributed by atoms with Crippen molar-refractivity contribution in [2.24, 2.45) is 10.8 Å². The molecule has 1 saturated heterocycles. The van der Waals surface area contributed by atoms with Crippen LogP contribution in [0.2, 0.25) is 0 Å². The summed E-state index contributed by atoms with van der Waals surface area (Å²) >= 11 is 0. The molecule has 0 aromatic heterocycles. The molecule has 0 saturated carbocycles. The number of hydrogen-bond acceptors (Lipinski definition) is 3. The van der Waals surface area contributed by atoms with Crippen LogP contribution in [0.5, 0.6) is 0 Å². The van der Waals surface area contributed by atoms with Crippen LogP contribution in [-0.2, 0) is 14.3 Å². The maximum atomic E-state index is 11.5. The first-order chi connectivity index (χ1) is 6.38. The van der Waals surface area contributed by atoms with Gasteiger partial charge in [-0.15, -0.1) is 0 Å². The Kier molecular flexibility index (Phi) is 2.70. The minimum absolute atomic E-state index is 0.365. The van der Waals surface area contributed by atoms with Gasteiger partial charge in [-0.3, -0.25) is 9.59 Å². The smallest absolute Gasteiger partial charge is 0.319 e. The normalized spacial score (nSPS) is 38.3. The molecule has 1 aliphatic rings. The van der Waals surface area contributed by atoms with E-state index >= 15 is 0 Å². The van der Waals surface area contributed by atoms with Crippen LogP contribution in [0, 0.1) is 10.8 Å². The molecule has 1 rings (SSSR count). The Morgan fingerprint density at radius 3 is 1.71 bits per heavy atom. The van der Waals surface area contributed by atoms with Gasteiger partial charge in [0.25, 0.3) is 0 Å². The summed E-state index contributed by atoms with van der Waals surface area (Å²) in [7, 11) is 0. The Morgan fingerprint density at radius 2 is 1.43 bits per heavy atom. The van der Waals surface area contributed by atoms with E-state index in [4.69, 9.17) is 4.74 Å². The summed E-state index contributed by atoms with van der Waals surface area (Å²) in [6.45, 7) is 7.64. The zero-order valence-electron chi connectivity index (χ0n) is 9.35. The molecule has 80 valence electrons. The number of hydrogen-bond donors (Lipinski definition) is 0. The van der Waals surface area contributed by atoms with Crippen LogP contribution in [0.4, 0.5) is 0 Å². The maximum Gasteiger partial charge on any atom is 0.319 e. The molecule has 0 aromatic rings. The van der Waals surface area contributed by atoms with Gasteiger partial charge in [-0.25, -0.2) is 0 Å². The Hall–Kier alpha value is -0.860. The summed E-state index contributed by atoms with van der Waals surface area (Å²) < 4.78 is 4.82. The van der Waals surface area contributed by atoms with E-state index in [1.165, 1.54) is 0 Å². The fourth-order valence-corrected chi connectivity index (χ4v) is 1.87. The van der Waals surface area contributed by atoms with Gasteiger partial charge in [0.2, 0.25) is 0 Å². The summed E-state index contributed by atoms with van der Waals surface area (Å²) in [6.07, 6.45) is 2.04. The molecule has 3 heteroatoms. The van der Waals surface area contributed by atoms with Crippen molar-refractivity contribution < 1.29 is 14.3 Å². The van der Waals surface area contributed by atoms with E-state index in [0.29, 0.717) is 19.3 Å². The van der Waals surface area contributed by atoms with Gasteiger partial charge in [-0.1, -0.05) is 13.8 Å². The van der Waals surface area contributed by atoms with E-state index in [-0.39, 0.29) is 11.9 Å². The molecule has 1 aliphatic heterocycles. The summed E-state index contributed by atoms with van der Waals surface area (Å²) in [6, 6.07) is 0. The molecule has 1 fully saturated rings. The fraction of sp³-hybridized carbons (Fsp3) is 0.818. The summed E-state index contributed by atoms with van der Waals surface area (Å²) in [5.41, 5.74) is -0.975. The van der Waals surface area contributed by atoms with Gasteiger partial charge < -0.3 is 4.74 Å². The highest BCUT2D eigenvalue weighted by Gasteiger charge is 2.50. The molecular formula is C11H18O3. The first kappa shape index (κ1) is 11.2. The van der Waals surface area contributed by atoms with Crippen molar-refractivity contribution in [2.75, 3.05) is 0 Å². The maximum absolute atomic E-state index is 11.5. The first-order valence-corrected chi connectivity index (χ1v) is 5.14. The third-order valence-corrected chi connectivity index (χ3v) is 3.51. The average molecular weight is 198 g/mol. The predicted molar refractivity (Wildman–Crippen MR) is 52.5 cm³/mol. The van der Waals surface area contributed by atoms with Crippen molar-refractivity contribution in [1.82, 2.24) is 0 Å². The Labute approximate surface area is 84.8 Å². The quantitative estimate of drug-likeness (QED) is 0.505. The van der Waals surface area contributed by atoms with Crippen molar-refractivity contribution in [3.8, 4) is 0 Å². The highest BCUT2D eigenvalue weighted by Crippen LogP contribution is 2.44. The molecular weight excluding hydrogens is 180 g/mol. The van der Waals surface area contributed by atoms with Crippen LogP contribution in [0.15, 0.2) is 0 Å². The van der Waals surface area contributed by atoms with Gasteiger partial charge in [0, 0.05) is 0 Å². The Morgan fingerprint density at radius 1 is 1.07 bits per heavy atom. The minimum Gasteiger partial charge on any atom is -0.392 e. The minimum atomic E-state index is -0.487. The van der Waals surface area contributed by atoms with E-state index in [2.05, 4.69) is 0 Å². The molecule has 0 N–H and O–H groups in total. The van der Waals surface area contributed by atoms with Crippen molar-refractivity contribution >= 4 is 11.9 Å². The zero-order chi connectivity index (χ0) is 11.0. The number of rotatable bonds is 2. The molecule has 3 nitrogen and oxygen atoms in total.